The molecule has 0 saturated carbocycles. The van der Waals surface area contributed by atoms with Crippen molar-refractivity contribution in [3.8, 4) is 0 Å². The summed E-state index contributed by atoms with van der Waals surface area (Å²) in [4.78, 5) is 2.49. The largest absolute Gasteiger partial charge is 0.327 e. The minimum Gasteiger partial charge on any atom is -0.327 e. The van der Waals surface area contributed by atoms with Crippen molar-refractivity contribution in [2.75, 3.05) is 19.6 Å². The zero-order valence-electron chi connectivity index (χ0n) is 7.55. The lowest BCUT2D eigenvalue weighted by molar-refractivity contribution is 0.307. The molecule has 1 fully saturated rings. The van der Waals surface area contributed by atoms with Gasteiger partial charge in [-0.25, -0.2) is 0 Å². The number of nitrogens with zero attached hydrogens (tertiary/aromatic N) is 1. The summed E-state index contributed by atoms with van der Waals surface area (Å²) in [5.41, 5.74) is 5.92. The van der Waals surface area contributed by atoms with Gasteiger partial charge in [0.15, 0.2) is 0 Å². The van der Waals surface area contributed by atoms with Crippen molar-refractivity contribution < 1.29 is 0 Å². The van der Waals surface area contributed by atoms with Gasteiger partial charge in [-0.05, 0) is 32.4 Å². The van der Waals surface area contributed by atoms with Crippen LogP contribution in [0.1, 0.15) is 32.6 Å². The van der Waals surface area contributed by atoms with Crippen LogP contribution in [0, 0.1) is 0 Å². The Balaban J connectivity index is 2.08. The second kappa shape index (κ2) is 4.73. The molecule has 1 aliphatic rings. The molecule has 0 bridgehead atoms. The summed E-state index contributed by atoms with van der Waals surface area (Å²) in [7, 11) is 0. The maximum absolute atomic E-state index is 5.92. The molecule has 66 valence electrons. The van der Waals surface area contributed by atoms with Crippen LogP contribution in [0.25, 0.3) is 0 Å². The molecule has 1 rings (SSSR count). The predicted octanol–water partition coefficient (Wildman–Crippen LogP) is 1.21. The summed E-state index contributed by atoms with van der Waals surface area (Å²) in [6, 6.07) is 0.415. The van der Waals surface area contributed by atoms with E-state index >= 15 is 0 Å². The zero-order valence-corrected chi connectivity index (χ0v) is 7.55. The van der Waals surface area contributed by atoms with Gasteiger partial charge in [0.05, 0.1) is 0 Å². The molecule has 2 N–H and O–H groups in total. The van der Waals surface area contributed by atoms with E-state index in [1.807, 2.05) is 0 Å². The summed E-state index contributed by atoms with van der Waals surface area (Å²) in [5.74, 6) is 0. The van der Waals surface area contributed by atoms with Gasteiger partial charge in [0.2, 0.25) is 0 Å². The van der Waals surface area contributed by atoms with Crippen LogP contribution in [0.5, 0.6) is 0 Å². The van der Waals surface area contributed by atoms with Crippen molar-refractivity contribution in [2.24, 2.45) is 5.73 Å². The average molecular weight is 156 g/mol. The number of hydrogen-bond donors (Lipinski definition) is 1. The third kappa shape index (κ3) is 3.21. The molecular formula is C9H20N2. The van der Waals surface area contributed by atoms with Crippen molar-refractivity contribution in [1.29, 1.82) is 0 Å². The Hall–Kier alpha value is -0.0800. The Bertz CT molecular complexity index is 97.7. The highest BCUT2D eigenvalue weighted by molar-refractivity contribution is 4.72. The third-order valence-corrected chi connectivity index (χ3v) is 2.35. The molecule has 1 heterocycles. The van der Waals surface area contributed by atoms with E-state index in [0.717, 1.165) is 6.54 Å². The molecule has 1 saturated heterocycles. The summed E-state index contributed by atoms with van der Waals surface area (Å²) in [5, 5.41) is 0. The van der Waals surface area contributed by atoms with E-state index in [1.165, 1.54) is 38.8 Å². The van der Waals surface area contributed by atoms with E-state index in [4.69, 9.17) is 5.73 Å². The first kappa shape index (κ1) is 9.01. The summed E-state index contributed by atoms with van der Waals surface area (Å²) in [6.07, 6.45) is 5.14. The molecule has 0 amide bonds. The van der Waals surface area contributed by atoms with Crippen LogP contribution in [0.4, 0.5) is 0 Å². The van der Waals surface area contributed by atoms with Gasteiger partial charge in [-0.3, -0.25) is 0 Å². The predicted molar refractivity (Wildman–Crippen MR) is 48.6 cm³/mol. The fraction of sp³-hybridized carbons (Fsp3) is 1.00. The van der Waals surface area contributed by atoms with Crippen LogP contribution >= 0.6 is 0 Å². The van der Waals surface area contributed by atoms with Gasteiger partial charge in [-0.15, -0.1) is 0 Å². The van der Waals surface area contributed by atoms with Crippen molar-refractivity contribution in [3.63, 3.8) is 0 Å². The molecule has 1 aliphatic heterocycles. The highest BCUT2D eigenvalue weighted by Crippen LogP contribution is 2.08. The van der Waals surface area contributed by atoms with E-state index < -0.39 is 0 Å². The Kier molecular flexibility index (Phi) is 3.87. The molecule has 11 heavy (non-hydrogen) atoms. The quantitative estimate of drug-likeness (QED) is 0.663. The molecule has 2 nitrogen and oxygen atoms in total. The van der Waals surface area contributed by atoms with Crippen LogP contribution in [0.3, 0.4) is 0 Å². The highest BCUT2D eigenvalue weighted by Gasteiger charge is 2.13. The molecule has 0 aromatic carbocycles. The Morgan fingerprint density at radius 3 is 2.55 bits per heavy atom. The fourth-order valence-corrected chi connectivity index (χ4v) is 1.76. The smallest absolute Gasteiger partial charge is 0.0167 e. The normalized spacial score (nSPS) is 22.4. The lowest BCUT2D eigenvalue weighted by Gasteiger charge is -2.19. The van der Waals surface area contributed by atoms with Crippen molar-refractivity contribution in [1.82, 2.24) is 4.90 Å². The molecule has 0 aromatic heterocycles. The van der Waals surface area contributed by atoms with Crippen molar-refractivity contribution in [3.05, 3.63) is 0 Å². The topological polar surface area (TPSA) is 29.3 Å². The maximum Gasteiger partial charge on any atom is 0.0167 e. The number of likely N-dealkylation sites (tertiary alicyclic amines) is 1. The lowest BCUT2D eigenvalue weighted by Crippen LogP contribution is -2.35. The molecule has 0 aliphatic carbocycles. The number of rotatable bonds is 4. The van der Waals surface area contributed by atoms with E-state index in [1.54, 1.807) is 0 Å². The van der Waals surface area contributed by atoms with Crippen LogP contribution in [0.2, 0.25) is 0 Å². The molecule has 1 atom stereocenters. The first-order valence-corrected chi connectivity index (χ1v) is 4.81. The monoisotopic (exact) mass is 156 g/mol. The molecule has 0 spiro atoms. The minimum absolute atomic E-state index is 0.415. The van der Waals surface area contributed by atoms with Crippen LogP contribution < -0.4 is 5.73 Å². The lowest BCUT2D eigenvalue weighted by atomic mass is 10.2. The van der Waals surface area contributed by atoms with Crippen LogP contribution in [-0.4, -0.2) is 30.6 Å². The van der Waals surface area contributed by atoms with Gasteiger partial charge in [0.25, 0.3) is 0 Å². The van der Waals surface area contributed by atoms with E-state index in [-0.39, 0.29) is 0 Å². The molecule has 2 heteroatoms. The van der Waals surface area contributed by atoms with Crippen LogP contribution in [0.15, 0.2) is 0 Å². The van der Waals surface area contributed by atoms with Crippen molar-refractivity contribution >= 4 is 0 Å². The molecule has 0 aromatic rings. The standard InChI is InChI=1S/C9H20N2/c1-2-5-9(10)8-11-6-3-4-7-11/h9H,2-8,10H2,1H3. The van der Waals surface area contributed by atoms with Gasteiger partial charge in [-0.1, -0.05) is 13.3 Å². The Morgan fingerprint density at radius 1 is 1.36 bits per heavy atom. The van der Waals surface area contributed by atoms with Gasteiger partial charge in [0.1, 0.15) is 0 Å². The zero-order chi connectivity index (χ0) is 8.10. The SMILES string of the molecule is CCCC(N)CN1CCCC1. The van der Waals surface area contributed by atoms with E-state index in [0.29, 0.717) is 6.04 Å². The average Bonchev–Trinajstić information content (AvgIpc) is 2.40. The van der Waals surface area contributed by atoms with Crippen molar-refractivity contribution in [2.45, 2.75) is 38.6 Å². The number of hydrogen-bond acceptors (Lipinski definition) is 2. The van der Waals surface area contributed by atoms with Gasteiger partial charge < -0.3 is 10.6 Å². The second-order valence-corrected chi connectivity index (χ2v) is 3.56. The minimum atomic E-state index is 0.415. The summed E-state index contributed by atoms with van der Waals surface area (Å²) in [6.45, 7) is 5.87. The first-order valence-electron chi connectivity index (χ1n) is 4.81. The van der Waals surface area contributed by atoms with E-state index in [2.05, 4.69) is 11.8 Å². The first-order chi connectivity index (χ1) is 5.33. The molecule has 1 unspecified atom stereocenters. The summed E-state index contributed by atoms with van der Waals surface area (Å²) < 4.78 is 0. The van der Waals surface area contributed by atoms with Crippen LogP contribution in [-0.2, 0) is 0 Å². The van der Waals surface area contributed by atoms with Gasteiger partial charge >= 0.3 is 0 Å². The number of nitrogens with two attached hydrogens (primary N) is 1. The van der Waals surface area contributed by atoms with E-state index in [9.17, 15) is 0 Å². The van der Waals surface area contributed by atoms with Gasteiger partial charge in [-0.2, -0.15) is 0 Å². The van der Waals surface area contributed by atoms with Gasteiger partial charge in [0, 0.05) is 12.6 Å². The maximum atomic E-state index is 5.92. The third-order valence-electron chi connectivity index (χ3n) is 2.35. The fourth-order valence-electron chi connectivity index (χ4n) is 1.76. The Morgan fingerprint density at radius 2 is 2.00 bits per heavy atom. The second-order valence-electron chi connectivity index (χ2n) is 3.56. The molecular weight excluding hydrogens is 136 g/mol. The Labute approximate surface area is 69.8 Å². The molecule has 0 radical (unpaired) electrons. The summed E-state index contributed by atoms with van der Waals surface area (Å²) >= 11 is 0. The highest BCUT2D eigenvalue weighted by atomic mass is 15.1.